The normalized spacial score (nSPS) is 10.9. The average Bonchev–Trinajstić information content (AvgIpc) is 2.29. The van der Waals surface area contributed by atoms with E-state index in [1.54, 1.807) is 6.33 Å². The van der Waals surface area contributed by atoms with Crippen molar-refractivity contribution in [2.45, 2.75) is 0 Å². The van der Waals surface area contributed by atoms with Gasteiger partial charge < -0.3 is 0 Å². The Morgan fingerprint density at radius 2 is 2.00 bits per heavy atom. The van der Waals surface area contributed by atoms with Gasteiger partial charge in [0.05, 0.1) is 5.52 Å². The molecule has 0 unspecified atom stereocenters. The lowest BCUT2D eigenvalue weighted by Gasteiger charge is -2.00. The van der Waals surface area contributed by atoms with Gasteiger partial charge in [-0.1, -0.05) is 30.3 Å². The first kappa shape index (κ1) is 7.44. The van der Waals surface area contributed by atoms with Gasteiger partial charge >= 0.3 is 0 Å². The second kappa shape index (κ2) is 2.77. The summed E-state index contributed by atoms with van der Waals surface area (Å²) in [6.45, 7) is 0. The Balaban J connectivity index is 2.61. The first-order valence-corrected chi connectivity index (χ1v) is 4.44. The molecule has 0 aliphatic heterocycles. The fraction of sp³-hybridized carbons (Fsp3) is 0. The highest BCUT2D eigenvalue weighted by Crippen LogP contribution is 2.21. The summed E-state index contributed by atoms with van der Waals surface area (Å²) in [7, 11) is 0. The van der Waals surface area contributed by atoms with Gasteiger partial charge in [-0.15, -0.1) is 0 Å². The van der Waals surface area contributed by atoms with Crippen LogP contribution in [-0.2, 0) is 0 Å². The number of nitrogens with zero attached hydrogens (tertiary/aromatic N) is 2. The summed E-state index contributed by atoms with van der Waals surface area (Å²) in [5, 5.41) is 3.29. The minimum absolute atomic E-state index is 0.970. The molecule has 0 aliphatic rings. The lowest BCUT2D eigenvalue weighted by Crippen LogP contribution is -1.82. The molecule has 1 heterocycles. The Hall–Kier alpha value is -1.96. The average molecular weight is 179 g/mol. The second-order valence-corrected chi connectivity index (χ2v) is 3.16. The van der Waals surface area contributed by atoms with Crippen molar-refractivity contribution in [1.29, 1.82) is 0 Å². The predicted octanol–water partition coefficient (Wildman–Crippen LogP) is 2.58. The van der Waals surface area contributed by atoms with Crippen molar-refractivity contribution in [2.24, 2.45) is 0 Å². The quantitative estimate of drug-likeness (QED) is 0.496. The molecule has 0 bridgehead atoms. The molecule has 1 aromatic heterocycles. The molecule has 3 rings (SSSR count). The van der Waals surface area contributed by atoms with Crippen LogP contribution in [0.1, 0.15) is 0 Å². The van der Waals surface area contributed by atoms with Crippen molar-refractivity contribution < 1.29 is 0 Å². The third-order valence-electron chi connectivity index (χ3n) is 2.31. The molecule has 0 aliphatic carbocycles. The van der Waals surface area contributed by atoms with Gasteiger partial charge in [0.15, 0.2) is 0 Å². The monoisotopic (exact) mass is 179 g/mol. The van der Waals surface area contributed by atoms with E-state index in [2.05, 4.69) is 28.2 Å². The Kier molecular flexibility index (Phi) is 1.47. The molecule has 2 heteroatoms. The van der Waals surface area contributed by atoms with Crippen molar-refractivity contribution in [3.05, 3.63) is 48.9 Å². The summed E-state index contributed by atoms with van der Waals surface area (Å²) < 4.78 is 0. The fourth-order valence-electron chi connectivity index (χ4n) is 1.64. The van der Waals surface area contributed by atoms with Crippen molar-refractivity contribution in [1.82, 2.24) is 9.97 Å². The third-order valence-corrected chi connectivity index (χ3v) is 2.31. The van der Waals surface area contributed by atoms with Crippen LogP contribution in [-0.4, -0.2) is 9.97 Å². The summed E-state index contributed by atoms with van der Waals surface area (Å²) in [5.41, 5.74) is 0.970. The van der Waals surface area contributed by atoms with E-state index in [1.165, 1.54) is 5.39 Å². The summed E-state index contributed by atoms with van der Waals surface area (Å²) in [4.78, 5) is 8.26. The van der Waals surface area contributed by atoms with Gasteiger partial charge in [0, 0.05) is 17.0 Å². The van der Waals surface area contributed by atoms with Crippen LogP contribution in [0.25, 0.3) is 21.7 Å². The summed E-state index contributed by atoms with van der Waals surface area (Å²) in [5.74, 6) is 0. The van der Waals surface area contributed by atoms with E-state index < -0.39 is 0 Å². The highest BCUT2D eigenvalue weighted by atomic mass is 14.8. The number of hydrogen-bond donors (Lipinski definition) is 0. The number of benzene rings is 2. The maximum atomic E-state index is 4.27. The first-order valence-electron chi connectivity index (χ1n) is 4.44. The molecule has 65 valence electrons. The fourth-order valence-corrected chi connectivity index (χ4v) is 1.64. The first-order chi connectivity index (χ1) is 6.95. The minimum Gasteiger partial charge on any atom is -0.244 e. The molecule has 0 spiro atoms. The molecule has 0 N–H and O–H groups in total. The Morgan fingerprint density at radius 1 is 1.07 bits per heavy atom. The number of hydrogen-bond acceptors (Lipinski definition) is 2. The molecule has 0 saturated heterocycles. The van der Waals surface area contributed by atoms with Crippen LogP contribution in [0.5, 0.6) is 0 Å². The summed E-state index contributed by atoms with van der Waals surface area (Å²) in [6, 6.07) is 13.3. The lowest BCUT2D eigenvalue weighted by molar-refractivity contribution is 1.23. The van der Waals surface area contributed by atoms with Gasteiger partial charge in [-0.2, -0.15) is 0 Å². The van der Waals surface area contributed by atoms with Crippen molar-refractivity contribution in [3.8, 4) is 0 Å². The molecular weight excluding hydrogens is 172 g/mol. The van der Waals surface area contributed by atoms with Crippen LogP contribution in [0.3, 0.4) is 0 Å². The van der Waals surface area contributed by atoms with E-state index in [-0.39, 0.29) is 0 Å². The van der Waals surface area contributed by atoms with E-state index in [0.29, 0.717) is 0 Å². The van der Waals surface area contributed by atoms with E-state index in [0.717, 1.165) is 16.3 Å². The van der Waals surface area contributed by atoms with Gasteiger partial charge in [-0.3, -0.25) is 0 Å². The zero-order valence-corrected chi connectivity index (χ0v) is 7.44. The lowest BCUT2D eigenvalue weighted by atomic mass is 10.1. The molecule has 0 fully saturated rings. The zero-order valence-electron chi connectivity index (χ0n) is 7.44. The minimum atomic E-state index is 0.970. The molecule has 3 aromatic rings. The Labute approximate surface area is 81.2 Å². The molecule has 0 saturated carbocycles. The van der Waals surface area contributed by atoms with E-state index in [1.807, 2.05) is 24.4 Å². The summed E-state index contributed by atoms with van der Waals surface area (Å²) in [6.07, 6.45) is 3.39. The molecule has 0 amide bonds. The van der Waals surface area contributed by atoms with E-state index in [9.17, 15) is 0 Å². The maximum Gasteiger partial charge on any atom is 0.116 e. The van der Waals surface area contributed by atoms with E-state index >= 15 is 0 Å². The molecular formula is C12H7N2. The van der Waals surface area contributed by atoms with Crippen LogP contribution in [0.2, 0.25) is 0 Å². The SMILES string of the molecule is [c]1cccc2ccc3cncnc3c12. The zero-order chi connectivity index (χ0) is 9.38. The van der Waals surface area contributed by atoms with Crippen LogP contribution >= 0.6 is 0 Å². The standard InChI is InChI=1S/C12H7N2/c1-2-4-11-9(3-1)5-6-10-7-13-8-14-12(10)11/h1-3,5-8H. The molecule has 0 atom stereocenters. The number of aromatic nitrogens is 2. The van der Waals surface area contributed by atoms with Crippen molar-refractivity contribution in [3.63, 3.8) is 0 Å². The van der Waals surface area contributed by atoms with Crippen molar-refractivity contribution >= 4 is 21.7 Å². The van der Waals surface area contributed by atoms with Crippen LogP contribution in [0, 0.1) is 6.07 Å². The van der Waals surface area contributed by atoms with Gasteiger partial charge in [-0.05, 0) is 11.5 Å². The maximum absolute atomic E-state index is 4.27. The molecule has 2 nitrogen and oxygen atoms in total. The Bertz CT molecular complexity index is 547. The molecule has 14 heavy (non-hydrogen) atoms. The predicted molar refractivity (Wildman–Crippen MR) is 55.9 cm³/mol. The Morgan fingerprint density at radius 3 is 3.00 bits per heavy atom. The van der Waals surface area contributed by atoms with Gasteiger partial charge in [0.2, 0.25) is 0 Å². The van der Waals surface area contributed by atoms with Crippen molar-refractivity contribution in [2.75, 3.05) is 0 Å². The smallest absolute Gasteiger partial charge is 0.116 e. The van der Waals surface area contributed by atoms with Gasteiger partial charge in [0.25, 0.3) is 0 Å². The van der Waals surface area contributed by atoms with E-state index in [4.69, 9.17) is 0 Å². The molecule has 1 radical (unpaired) electrons. The number of rotatable bonds is 0. The topological polar surface area (TPSA) is 25.8 Å². The van der Waals surface area contributed by atoms with Gasteiger partial charge in [0.1, 0.15) is 6.33 Å². The summed E-state index contributed by atoms with van der Waals surface area (Å²) >= 11 is 0. The van der Waals surface area contributed by atoms with Crippen LogP contribution in [0.15, 0.2) is 42.9 Å². The molecule has 2 aromatic carbocycles. The van der Waals surface area contributed by atoms with Crippen LogP contribution in [0.4, 0.5) is 0 Å². The number of fused-ring (bicyclic) bond motifs is 3. The largest absolute Gasteiger partial charge is 0.244 e. The van der Waals surface area contributed by atoms with Crippen LogP contribution < -0.4 is 0 Å². The second-order valence-electron chi connectivity index (χ2n) is 3.16. The van der Waals surface area contributed by atoms with Gasteiger partial charge in [-0.25, -0.2) is 9.97 Å². The highest BCUT2D eigenvalue weighted by Gasteiger charge is 1.99. The third kappa shape index (κ3) is 0.973. The highest BCUT2D eigenvalue weighted by molar-refractivity contribution is 6.04.